The number of aromatic nitrogens is 1. The molecule has 0 aliphatic rings. The Morgan fingerprint density at radius 2 is 1.86 bits per heavy atom. The molecule has 0 amide bonds. The van der Waals surface area contributed by atoms with Gasteiger partial charge in [-0.1, -0.05) is 19.9 Å². The molecule has 2 aromatic rings. The number of carbonyl (C=O) groups excluding carboxylic acids is 1. The molecule has 3 N–H and O–H groups in total. The lowest BCUT2D eigenvalue weighted by atomic mass is 10.2. The van der Waals surface area contributed by atoms with Crippen molar-refractivity contribution in [3.05, 3.63) is 46.9 Å². The summed E-state index contributed by atoms with van der Waals surface area (Å²) in [6.07, 6.45) is 0. The van der Waals surface area contributed by atoms with Gasteiger partial charge in [-0.05, 0) is 30.7 Å². The lowest BCUT2D eigenvalue weighted by Crippen LogP contribution is -2.02. The van der Waals surface area contributed by atoms with Crippen molar-refractivity contribution in [2.24, 2.45) is 0 Å². The molecule has 0 saturated heterocycles. The maximum Gasteiger partial charge on any atom is 0.339 e. The lowest BCUT2D eigenvalue weighted by molar-refractivity contribution is 0.0698. The monoisotopic (exact) mass is 306 g/mol. The fraction of sp³-hybridized carbons (Fsp3) is 0.250. The summed E-state index contributed by atoms with van der Waals surface area (Å²) >= 11 is 0. The molecule has 0 aliphatic carbocycles. The van der Waals surface area contributed by atoms with E-state index in [0.717, 1.165) is 5.56 Å². The maximum atomic E-state index is 13.7. The van der Waals surface area contributed by atoms with Crippen LogP contribution in [-0.2, 0) is 0 Å². The number of carboxylic acid groups (broad SMARTS) is 1. The van der Waals surface area contributed by atoms with Crippen LogP contribution in [0.15, 0.2) is 24.3 Å². The van der Waals surface area contributed by atoms with E-state index < -0.39 is 11.8 Å². The summed E-state index contributed by atoms with van der Waals surface area (Å²) in [6.45, 7) is 7.06. The number of carbonyl (C=O) groups is 2. The first-order chi connectivity index (χ1) is 10.4. The van der Waals surface area contributed by atoms with E-state index in [1.807, 2.05) is 13.8 Å². The summed E-state index contributed by atoms with van der Waals surface area (Å²) in [5.41, 5.74) is 0.921. The molecule has 0 bridgehead atoms. The van der Waals surface area contributed by atoms with Gasteiger partial charge in [0.25, 0.3) is 0 Å². The molecule has 5 nitrogen and oxygen atoms in total. The van der Waals surface area contributed by atoms with Crippen LogP contribution >= 0.6 is 0 Å². The minimum atomic E-state index is -1.20. The zero-order valence-corrected chi connectivity index (χ0v) is 13.0. The van der Waals surface area contributed by atoms with Crippen molar-refractivity contribution in [2.75, 3.05) is 5.32 Å². The van der Waals surface area contributed by atoms with Crippen LogP contribution in [0.3, 0.4) is 0 Å². The van der Waals surface area contributed by atoms with Gasteiger partial charge in [-0.25, -0.2) is 9.18 Å². The number of carboxylic acids is 1. The average Bonchev–Trinajstić information content (AvgIpc) is 2.88. The number of aryl methyl sites for hydroxylation is 1. The molecule has 0 saturated carbocycles. The van der Waals surface area contributed by atoms with Crippen LogP contribution in [0.25, 0.3) is 0 Å². The number of halogens is 1. The summed E-state index contributed by atoms with van der Waals surface area (Å²) in [5.74, 6) is -1.93. The molecule has 1 aromatic carbocycles. The van der Waals surface area contributed by atoms with Crippen molar-refractivity contribution >= 4 is 23.3 Å². The Balaban J connectivity index is 0.00000116. The first-order valence-corrected chi connectivity index (χ1v) is 6.89. The normalized spacial score (nSPS) is 9.68. The molecule has 118 valence electrons. The van der Waals surface area contributed by atoms with E-state index in [9.17, 15) is 14.0 Å². The zero-order chi connectivity index (χ0) is 16.9. The number of aromatic amines is 1. The Hall–Kier alpha value is -2.63. The molecule has 6 heteroatoms. The standard InChI is InChI=1S/C14H13FN2O3.C2H6/c1-7-3-4-11(10(15)5-7)16-13-9(14(19)20)6-12(17-13)8(2)18;1-2/h3-6,16-17H,1-2H3,(H,19,20);1-2H3. The van der Waals surface area contributed by atoms with Gasteiger partial charge in [-0.15, -0.1) is 0 Å². The van der Waals surface area contributed by atoms with Crippen molar-refractivity contribution in [3.63, 3.8) is 0 Å². The number of benzene rings is 1. The number of aromatic carboxylic acids is 1. The lowest BCUT2D eigenvalue weighted by Gasteiger charge is -2.07. The molecule has 0 unspecified atom stereocenters. The predicted octanol–water partition coefficient (Wildman–Crippen LogP) is 4.13. The van der Waals surface area contributed by atoms with E-state index in [1.54, 1.807) is 13.0 Å². The number of hydrogen-bond donors (Lipinski definition) is 3. The highest BCUT2D eigenvalue weighted by molar-refractivity contribution is 6.00. The maximum absolute atomic E-state index is 13.7. The minimum Gasteiger partial charge on any atom is -0.478 e. The van der Waals surface area contributed by atoms with E-state index in [0.29, 0.717) is 0 Å². The highest BCUT2D eigenvalue weighted by Crippen LogP contribution is 2.24. The van der Waals surface area contributed by atoms with Crippen LogP contribution in [0, 0.1) is 12.7 Å². The molecular formula is C16H19FN2O3. The molecule has 1 heterocycles. The Morgan fingerprint density at radius 1 is 1.23 bits per heavy atom. The molecular weight excluding hydrogens is 287 g/mol. The third-order valence-corrected chi connectivity index (χ3v) is 2.81. The minimum absolute atomic E-state index is 0.0745. The van der Waals surface area contributed by atoms with Gasteiger partial charge < -0.3 is 15.4 Å². The number of H-pyrrole nitrogens is 1. The molecule has 1 aromatic heterocycles. The number of anilines is 2. The number of nitrogens with one attached hydrogen (secondary N) is 2. The molecule has 0 spiro atoms. The smallest absolute Gasteiger partial charge is 0.339 e. The van der Waals surface area contributed by atoms with Crippen molar-refractivity contribution in [2.45, 2.75) is 27.7 Å². The SMILES string of the molecule is CC.CC(=O)c1cc(C(=O)O)c(Nc2ccc(C)cc2F)[nH]1. The molecule has 0 atom stereocenters. The quantitative estimate of drug-likeness (QED) is 0.742. The average molecular weight is 306 g/mol. The van der Waals surface area contributed by atoms with Crippen molar-refractivity contribution in [1.29, 1.82) is 0 Å². The van der Waals surface area contributed by atoms with Crippen molar-refractivity contribution in [3.8, 4) is 0 Å². The van der Waals surface area contributed by atoms with Crippen LogP contribution < -0.4 is 5.32 Å². The van der Waals surface area contributed by atoms with E-state index in [-0.39, 0.29) is 28.5 Å². The van der Waals surface area contributed by atoms with Gasteiger partial charge in [0.05, 0.1) is 11.4 Å². The highest BCUT2D eigenvalue weighted by atomic mass is 19.1. The first-order valence-electron chi connectivity index (χ1n) is 6.89. The van der Waals surface area contributed by atoms with Gasteiger partial charge in [0.2, 0.25) is 0 Å². The van der Waals surface area contributed by atoms with Gasteiger partial charge in [-0.2, -0.15) is 0 Å². The number of rotatable bonds is 4. The third-order valence-electron chi connectivity index (χ3n) is 2.81. The van der Waals surface area contributed by atoms with Gasteiger partial charge in [-0.3, -0.25) is 4.79 Å². The van der Waals surface area contributed by atoms with Crippen LogP contribution in [0.5, 0.6) is 0 Å². The van der Waals surface area contributed by atoms with E-state index in [2.05, 4.69) is 10.3 Å². The fourth-order valence-electron chi connectivity index (χ4n) is 1.77. The Bertz CT molecular complexity index is 693. The van der Waals surface area contributed by atoms with Crippen molar-refractivity contribution < 1.29 is 19.1 Å². The second-order valence-corrected chi connectivity index (χ2v) is 4.44. The van der Waals surface area contributed by atoms with E-state index in [1.165, 1.54) is 25.1 Å². The third kappa shape index (κ3) is 3.94. The largest absolute Gasteiger partial charge is 0.478 e. The van der Waals surface area contributed by atoms with Gasteiger partial charge in [0.1, 0.15) is 17.2 Å². The second kappa shape index (κ2) is 7.40. The van der Waals surface area contributed by atoms with Crippen LogP contribution in [0.2, 0.25) is 0 Å². The van der Waals surface area contributed by atoms with Gasteiger partial charge >= 0.3 is 5.97 Å². The summed E-state index contributed by atoms with van der Waals surface area (Å²) in [7, 11) is 0. The van der Waals surface area contributed by atoms with Crippen LogP contribution in [-0.4, -0.2) is 21.8 Å². The second-order valence-electron chi connectivity index (χ2n) is 4.44. The molecule has 22 heavy (non-hydrogen) atoms. The topological polar surface area (TPSA) is 82.2 Å². The summed E-state index contributed by atoms with van der Waals surface area (Å²) < 4.78 is 13.7. The van der Waals surface area contributed by atoms with Crippen LogP contribution in [0.1, 0.15) is 47.2 Å². The first kappa shape index (κ1) is 17.4. The van der Waals surface area contributed by atoms with E-state index in [4.69, 9.17) is 5.11 Å². The number of hydrogen-bond acceptors (Lipinski definition) is 3. The number of Topliss-reactive ketones (excluding diaryl/α,β-unsaturated/α-hetero) is 1. The summed E-state index contributed by atoms with van der Waals surface area (Å²) in [5, 5.41) is 11.7. The zero-order valence-electron chi connectivity index (χ0n) is 13.0. The van der Waals surface area contributed by atoms with Gasteiger partial charge in [0.15, 0.2) is 5.78 Å². The summed E-state index contributed by atoms with van der Waals surface area (Å²) in [4.78, 5) is 25.0. The molecule has 0 fully saturated rings. The Labute approximate surface area is 128 Å². The van der Waals surface area contributed by atoms with Crippen LogP contribution in [0.4, 0.5) is 15.9 Å². The summed E-state index contributed by atoms with van der Waals surface area (Å²) in [6, 6.07) is 5.75. The molecule has 0 aliphatic heterocycles. The Morgan fingerprint density at radius 3 is 2.36 bits per heavy atom. The van der Waals surface area contributed by atoms with Gasteiger partial charge in [0, 0.05) is 6.92 Å². The highest BCUT2D eigenvalue weighted by Gasteiger charge is 2.17. The molecule has 0 radical (unpaired) electrons. The fourth-order valence-corrected chi connectivity index (χ4v) is 1.77. The Kier molecular flexibility index (Phi) is 5.86. The van der Waals surface area contributed by atoms with Crippen molar-refractivity contribution in [1.82, 2.24) is 4.98 Å². The number of ketones is 1. The van der Waals surface area contributed by atoms with E-state index >= 15 is 0 Å². The molecule has 2 rings (SSSR count). The predicted molar refractivity (Wildman–Crippen MR) is 83.5 cm³/mol.